The van der Waals surface area contributed by atoms with Crippen LogP contribution in [-0.4, -0.2) is 40.7 Å². The molecule has 1 heterocycles. The topological polar surface area (TPSA) is 88.5 Å². The monoisotopic (exact) mass is 476 g/mol. The molecule has 2 atom stereocenters. The van der Waals surface area contributed by atoms with Crippen LogP contribution < -0.4 is 5.32 Å². The number of ether oxygens (including phenoxy) is 1. The van der Waals surface area contributed by atoms with E-state index in [2.05, 4.69) is 17.4 Å². The number of nitrogens with zero attached hydrogens (tertiary/aromatic N) is 1. The third kappa shape index (κ3) is 5.75. The third-order valence-electron chi connectivity index (χ3n) is 8.06. The Morgan fingerprint density at radius 2 is 1.89 bits per heavy atom. The Morgan fingerprint density at radius 3 is 2.74 bits per heavy atom. The molecule has 2 unspecified atom stereocenters. The molecule has 186 valence electrons. The number of amides is 1. The Morgan fingerprint density at radius 1 is 1.06 bits per heavy atom. The summed E-state index contributed by atoms with van der Waals surface area (Å²) in [6.45, 7) is 0.349. The second-order valence-corrected chi connectivity index (χ2v) is 10.5. The molecule has 1 saturated carbocycles. The Balaban J connectivity index is 1.01. The Kier molecular flexibility index (Phi) is 7.47. The van der Waals surface area contributed by atoms with Crippen LogP contribution in [0.3, 0.4) is 0 Å². The van der Waals surface area contributed by atoms with Crippen molar-refractivity contribution in [3.05, 3.63) is 64.5 Å². The number of hydrogen-bond donors (Lipinski definition) is 2. The number of carboxylic acids is 1. The van der Waals surface area contributed by atoms with Crippen LogP contribution in [0.15, 0.2) is 36.4 Å². The molecule has 1 aromatic heterocycles. The van der Waals surface area contributed by atoms with Crippen LogP contribution in [0.2, 0.25) is 0 Å². The standard InChI is InChI=1S/C29H36N2O4/c32-28(25-14-11-20-5-1-3-7-24(20)25)31-27(29(33)34)15-16-35-23-17-19(18-23)9-12-22-13-10-21-6-2-4-8-26(21)30-22/h1,3,5,7,10,13,19,23,25,27H,2,4,6,8-9,11-12,14-18H2,(H,31,32)(H,33,34). The molecule has 1 fully saturated rings. The molecule has 0 spiro atoms. The SMILES string of the molecule is O=C(O)C(CCOC1CC(CCc2ccc3c(n2)CCCC3)C1)NC(=O)C1CCc2ccccc21. The number of carbonyl (C=O) groups is 2. The van der Waals surface area contributed by atoms with Gasteiger partial charge in [0.2, 0.25) is 5.91 Å². The van der Waals surface area contributed by atoms with Gasteiger partial charge in [-0.05, 0) is 92.9 Å². The van der Waals surface area contributed by atoms with Gasteiger partial charge >= 0.3 is 5.97 Å². The maximum absolute atomic E-state index is 12.8. The predicted octanol–water partition coefficient (Wildman–Crippen LogP) is 4.38. The predicted molar refractivity (Wildman–Crippen MR) is 133 cm³/mol. The van der Waals surface area contributed by atoms with Gasteiger partial charge in [-0.3, -0.25) is 9.78 Å². The fourth-order valence-electron chi connectivity index (χ4n) is 5.88. The summed E-state index contributed by atoms with van der Waals surface area (Å²) in [5, 5.41) is 12.4. The molecule has 6 nitrogen and oxygen atoms in total. The molecule has 6 heteroatoms. The molecular formula is C29H36N2O4. The zero-order chi connectivity index (χ0) is 24.2. The van der Waals surface area contributed by atoms with Crippen molar-refractivity contribution < 1.29 is 19.4 Å². The minimum atomic E-state index is -1.00. The van der Waals surface area contributed by atoms with E-state index in [-0.39, 0.29) is 24.3 Å². The summed E-state index contributed by atoms with van der Waals surface area (Å²) >= 11 is 0. The number of nitrogens with one attached hydrogen (secondary N) is 1. The van der Waals surface area contributed by atoms with Gasteiger partial charge in [-0.25, -0.2) is 4.79 Å². The first-order chi connectivity index (χ1) is 17.1. The number of pyridine rings is 1. The normalized spacial score (nSPS) is 23.6. The van der Waals surface area contributed by atoms with Crippen LogP contribution in [0.5, 0.6) is 0 Å². The number of rotatable bonds is 10. The Labute approximate surface area is 207 Å². The van der Waals surface area contributed by atoms with E-state index in [0.717, 1.165) is 50.5 Å². The van der Waals surface area contributed by atoms with E-state index >= 15 is 0 Å². The zero-order valence-corrected chi connectivity index (χ0v) is 20.4. The minimum absolute atomic E-state index is 0.193. The lowest BCUT2D eigenvalue weighted by Gasteiger charge is -2.35. The molecule has 2 N–H and O–H groups in total. The smallest absolute Gasteiger partial charge is 0.326 e. The van der Waals surface area contributed by atoms with E-state index < -0.39 is 12.0 Å². The van der Waals surface area contributed by atoms with E-state index in [1.54, 1.807) is 0 Å². The number of fused-ring (bicyclic) bond motifs is 2. The summed E-state index contributed by atoms with van der Waals surface area (Å²) in [6.07, 6.45) is 11.1. The first-order valence-corrected chi connectivity index (χ1v) is 13.3. The fraction of sp³-hybridized carbons (Fsp3) is 0.552. The van der Waals surface area contributed by atoms with Crippen LogP contribution >= 0.6 is 0 Å². The molecule has 0 aliphatic heterocycles. The second-order valence-electron chi connectivity index (χ2n) is 10.5. The van der Waals surface area contributed by atoms with Crippen molar-refractivity contribution >= 4 is 11.9 Å². The van der Waals surface area contributed by atoms with Crippen LogP contribution in [0.4, 0.5) is 0 Å². The summed E-state index contributed by atoms with van der Waals surface area (Å²) in [6, 6.07) is 11.5. The Hall–Kier alpha value is -2.73. The molecule has 3 aliphatic carbocycles. The molecule has 3 aliphatic rings. The molecular weight excluding hydrogens is 440 g/mol. The average Bonchev–Trinajstić information content (AvgIpc) is 3.28. The van der Waals surface area contributed by atoms with Gasteiger partial charge in [-0.15, -0.1) is 0 Å². The van der Waals surface area contributed by atoms with Crippen molar-refractivity contribution in [3.63, 3.8) is 0 Å². The van der Waals surface area contributed by atoms with Gasteiger partial charge in [0.05, 0.1) is 12.0 Å². The summed E-state index contributed by atoms with van der Waals surface area (Å²) in [4.78, 5) is 29.4. The Bertz CT molecular complexity index is 1060. The third-order valence-corrected chi connectivity index (χ3v) is 8.06. The summed E-state index contributed by atoms with van der Waals surface area (Å²) in [5.41, 5.74) is 6.16. The van der Waals surface area contributed by atoms with E-state index in [4.69, 9.17) is 9.72 Å². The number of benzene rings is 1. The highest BCUT2D eigenvalue weighted by atomic mass is 16.5. The highest BCUT2D eigenvalue weighted by Crippen LogP contribution is 2.35. The number of hydrogen-bond acceptors (Lipinski definition) is 4. The zero-order valence-electron chi connectivity index (χ0n) is 20.4. The number of aryl methyl sites for hydroxylation is 4. The van der Waals surface area contributed by atoms with Crippen LogP contribution in [0.25, 0.3) is 0 Å². The first-order valence-electron chi connectivity index (χ1n) is 13.3. The second kappa shape index (κ2) is 10.9. The molecule has 0 bridgehead atoms. The van der Waals surface area contributed by atoms with E-state index in [1.807, 2.05) is 24.3 Å². The minimum Gasteiger partial charge on any atom is -0.480 e. The highest BCUT2D eigenvalue weighted by molar-refractivity contribution is 5.89. The molecule has 5 rings (SSSR count). The number of carboxylic acid groups (broad SMARTS) is 1. The summed E-state index contributed by atoms with van der Waals surface area (Å²) < 4.78 is 5.95. The molecule has 2 aromatic rings. The maximum Gasteiger partial charge on any atom is 0.326 e. The van der Waals surface area contributed by atoms with Gasteiger partial charge in [0.15, 0.2) is 0 Å². The van der Waals surface area contributed by atoms with Gasteiger partial charge in [-0.1, -0.05) is 30.3 Å². The summed E-state index contributed by atoms with van der Waals surface area (Å²) in [7, 11) is 0. The van der Waals surface area contributed by atoms with Crippen LogP contribution in [0.1, 0.15) is 78.9 Å². The van der Waals surface area contributed by atoms with Crippen molar-refractivity contribution in [1.29, 1.82) is 0 Å². The van der Waals surface area contributed by atoms with Gasteiger partial charge in [0.25, 0.3) is 0 Å². The van der Waals surface area contributed by atoms with E-state index in [9.17, 15) is 14.7 Å². The van der Waals surface area contributed by atoms with Gasteiger partial charge < -0.3 is 15.2 Å². The molecule has 0 saturated heterocycles. The van der Waals surface area contributed by atoms with Gasteiger partial charge in [0.1, 0.15) is 6.04 Å². The number of aliphatic carboxylic acids is 1. The quantitative estimate of drug-likeness (QED) is 0.531. The molecule has 35 heavy (non-hydrogen) atoms. The number of aromatic nitrogens is 1. The fourth-order valence-corrected chi connectivity index (χ4v) is 5.88. The lowest BCUT2D eigenvalue weighted by Crippen LogP contribution is -2.44. The van der Waals surface area contributed by atoms with E-state index in [1.165, 1.54) is 41.8 Å². The van der Waals surface area contributed by atoms with Crippen LogP contribution in [0, 0.1) is 5.92 Å². The van der Waals surface area contributed by atoms with Gasteiger partial charge in [-0.2, -0.15) is 0 Å². The number of carbonyl (C=O) groups excluding carboxylic acids is 1. The van der Waals surface area contributed by atoms with Crippen molar-refractivity contribution in [3.8, 4) is 0 Å². The highest BCUT2D eigenvalue weighted by Gasteiger charge is 2.32. The van der Waals surface area contributed by atoms with Crippen molar-refractivity contribution in [2.45, 2.75) is 88.7 Å². The van der Waals surface area contributed by atoms with Gasteiger partial charge in [0, 0.05) is 24.4 Å². The first kappa shape index (κ1) is 24.0. The summed E-state index contributed by atoms with van der Waals surface area (Å²) in [5.74, 6) is -0.805. The molecule has 0 radical (unpaired) electrons. The van der Waals surface area contributed by atoms with E-state index in [0.29, 0.717) is 12.5 Å². The molecule has 1 aromatic carbocycles. The molecule has 1 amide bonds. The maximum atomic E-state index is 12.8. The van der Waals surface area contributed by atoms with Crippen molar-refractivity contribution in [2.24, 2.45) is 5.92 Å². The lowest BCUT2D eigenvalue weighted by molar-refractivity contribution is -0.143. The van der Waals surface area contributed by atoms with Crippen LogP contribution in [-0.2, 0) is 40.0 Å². The largest absolute Gasteiger partial charge is 0.480 e. The van der Waals surface area contributed by atoms with Crippen molar-refractivity contribution in [1.82, 2.24) is 10.3 Å². The lowest BCUT2D eigenvalue weighted by atomic mass is 9.79. The average molecular weight is 477 g/mol. The van der Waals surface area contributed by atoms with Crippen molar-refractivity contribution in [2.75, 3.05) is 6.61 Å².